The molecule has 0 aliphatic heterocycles. The lowest BCUT2D eigenvalue weighted by molar-refractivity contribution is -0.116. The van der Waals surface area contributed by atoms with Gasteiger partial charge in [0.2, 0.25) is 5.91 Å². The Balaban J connectivity index is 2.39. The van der Waals surface area contributed by atoms with Crippen LogP contribution in [0.1, 0.15) is 59.1 Å². The number of hydrogen-bond acceptors (Lipinski definition) is 2. The number of nitrogens with one attached hydrogen (secondary N) is 1. The van der Waals surface area contributed by atoms with Gasteiger partial charge in [-0.15, -0.1) is 0 Å². The summed E-state index contributed by atoms with van der Waals surface area (Å²) in [7, 11) is 0. The number of unbranched alkanes of at least 4 members (excludes halogenated alkanes) is 2. The molecular weight excluding hydrogens is 357 g/mol. The predicted octanol–water partition coefficient (Wildman–Crippen LogP) is 6.00. The second-order valence-electron chi connectivity index (χ2n) is 7.18. The number of nitrogens with zero attached hydrogens (tertiary/aromatic N) is 2. The minimum absolute atomic E-state index is 0.0202. The SMILES string of the molecule is CCCCCC(=O)Nc1cc(C(C)(C)C)nn1-c1cc(Cl)ccc1Cl. The summed E-state index contributed by atoms with van der Waals surface area (Å²) >= 11 is 12.5. The summed E-state index contributed by atoms with van der Waals surface area (Å²) in [5, 5.41) is 8.71. The largest absolute Gasteiger partial charge is 0.311 e. The molecule has 136 valence electrons. The zero-order valence-corrected chi connectivity index (χ0v) is 16.7. The number of rotatable bonds is 6. The van der Waals surface area contributed by atoms with E-state index in [2.05, 4.69) is 38.1 Å². The Morgan fingerprint density at radius 2 is 1.92 bits per heavy atom. The standard InChI is InChI=1S/C19H25Cl2N3O/c1-5-6-7-8-18(25)22-17-12-16(19(2,3)4)23-24(17)15-11-13(20)9-10-14(15)21/h9-12H,5-8H2,1-4H3,(H,22,25). The topological polar surface area (TPSA) is 46.9 Å². The Bertz CT molecular complexity index is 748. The van der Waals surface area contributed by atoms with E-state index in [1.54, 1.807) is 22.9 Å². The third kappa shape index (κ3) is 5.23. The molecule has 0 unspecified atom stereocenters. The molecule has 0 fully saturated rings. The number of carbonyl (C=O) groups is 1. The summed E-state index contributed by atoms with van der Waals surface area (Å²) in [6, 6.07) is 7.10. The van der Waals surface area contributed by atoms with E-state index in [1.165, 1.54) is 0 Å². The van der Waals surface area contributed by atoms with Crippen molar-refractivity contribution in [3.63, 3.8) is 0 Å². The van der Waals surface area contributed by atoms with Gasteiger partial charge >= 0.3 is 0 Å². The van der Waals surface area contributed by atoms with Crippen LogP contribution in [0.3, 0.4) is 0 Å². The van der Waals surface area contributed by atoms with Gasteiger partial charge in [-0.3, -0.25) is 4.79 Å². The van der Waals surface area contributed by atoms with Crippen molar-refractivity contribution >= 4 is 34.9 Å². The van der Waals surface area contributed by atoms with Crippen LogP contribution >= 0.6 is 23.2 Å². The van der Waals surface area contributed by atoms with Crippen molar-refractivity contribution in [3.05, 3.63) is 40.0 Å². The fourth-order valence-corrected chi connectivity index (χ4v) is 2.77. The number of benzene rings is 1. The van der Waals surface area contributed by atoms with Crippen LogP contribution in [0.25, 0.3) is 5.69 Å². The van der Waals surface area contributed by atoms with Crippen LogP contribution in [-0.2, 0) is 10.2 Å². The van der Waals surface area contributed by atoms with Crippen LogP contribution in [0.4, 0.5) is 5.82 Å². The molecule has 2 aromatic rings. The lowest BCUT2D eigenvalue weighted by atomic mass is 9.92. The highest BCUT2D eigenvalue weighted by molar-refractivity contribution is 6.34. The number of hydrogen-bond donors (Lipinski definition) is 1. The molecule has 0 bridgehead atoms. The van der Waals surface area contributed by atoms with Gasteiger partial charge in [-0.05, 0) is 24.6 Å². The predicted molar refractivity (Wildman–Crippen MR) is 105 cm³/mol. The summed E-state index contributed by atoms with van der Waals surface area (Å²) in [5.74, 6) is 0.587. The van der Waals surface area contributed by atoms with E-state index >= 15 is 0 Å². The molecule has 1 aromatic heterocycles. The number of amides is 1. The lowest BCUT2D eigenvalue weighted by Gasteiger charge is -2.14. The maximum Gasteiger partial charge on any atom is 0.225 e. The number of anilines is 1. The average Bonchev–Trinajstić information content (AvgIpc) is 2.94. The fraction of sp³-hybridized carbons (Fsp3) is 0.474. The second kappa shape index (κ2) is 8.24. The van der Waals surface area contributed by atoms with Crippen LogP contribution in [0, 0.1) is 0 Å². The molecule has 25 heavy (non-hydrogen) atoms. The zero-order valence-electron chi connectivity index (χ0n) is 15.2. The van der Waals surface area contributed by atoms with Gasteiger partial charge in [0.05, 0.1) is 16.4 Å². The highest BCUT2D eigenvalue weighted by Gasteiger charge is 2.22. The minimum Gasteiger partial charge on any atom is -0.311 e. The number of aromatic nitrogens is 2. The molecule has 0 atom stereocenters. The number of carbonyl (C=O) groups excluding carboxylic acids is 1. The molecule has 1 amide bonds. The zero-order chi connectivity index (χ0) is 18.6. The summed E-state index contributed by atoms with van der Waals surface area (Å²) < 4.78 is 1.66. The molecule has 6 heteroatoms. The van der Waals surface area contributed by atoms with Gasteiger partial charge in [-0.2, -0.15) is 5.10 Å². The third-order valence-electron chi connectivity index (χ3n) is 3.89. The average molecular weight is 382 g/mol. The first kappa shape index (κ1) is 19.8. The normalized spacial score (nSPS) is 11.6. The molecular formula is C19H25Cl2N3O. The molecule has 1 N–H and O–H groups in total. The van der Waals surface area contributed by atoms with E-state index < -0.39 is 0 Å². The quantitative estimate of drug-likeness (QED) is 0.623. The van der Waals surface area contributed by atoms with E-state index in [4.69, 9.17) is 23.2 Å². The van der Waals surface area contributed by atoms with Gasteiger partial charge in [0.15, 0.2) is 0 Å². The van der Waals surface area contributed by atoms with Crippen molar-refractivity contribution in [1.82, 2.24) is 9.78 Å². The van der Waals surface area contributed by atoms with Gasteiger partial charge < -0.3 is 5.32 Å². The smallest absolute Gasteiger partial charge is 0.225 e. The van der Waals surface area contributed by atoms with E-state index in [0.717, 1.165) is 25.0 Å². The second-order valence-corrected chi connectivity index (χ2v) is 8.02. The highest BCUT2D eigenvalue weighted by Crippen LogP contribution is 2.30. The van der Waals surface area contributed by atoms with E-state index in [0.29, 0.717) is 28.0 Å². The summed E-state index contributed by atoms with van der Waals surface area (Å²) in [6.45, 7) is 8.34. The van der Waals surface area contributed by atoms with E-state index in [9.17, 15) is 4.79 Å². The third-order valence-corrected chi connectivity index (χ3v) is 4.44. The summed E-state index contributed by atoms with van der Waals surface area (Å²) in [5.41, 5.74) is 1.36. The van der Waals surface area contributed by atoms with Crippen LogP contribution in [-0.4, -0.2) is 15.7 Å². The molecule has 1 aromatic carbocycles. The van der Waals surface area contributed by atoms with Crippen LogP contribution < -0.4 is 5.32 Å². The van der Waals surface area contributed by atoms with Crippen molar-refractivity contribution in [2.45, 2.75) is 58.8 Å². The molecule has 1 heterocycles. The maximum absolute atomic E-state index is 12.3. The molecule has 0 aliphatic carbocycles. The van der Waals surface area contributed by atoms with Crippen LogP contribution in [0.2, 0.25) is 10.0 Å². The summed E-state index contributed by atoms with van der Waals surface area (Å²) in [4.78, 5) is 12.3. The van der Waals surface area contributed by atoms with Crippen LogP contribution in [0.5, 0.6) is 0 Å². The van der Waals surface area contributed by atoms with Gasteiger partial charge in [-0.25, -0.2) is 4.68 Å². The lowest BCUT2D eigenvalue weighted by Crippen LogP contribution is -2.15. The first-order valence-corrected chi connectivity index (χ1v) is 9.33. The van der Waals surface area contributed by atoms with Gasteiger partial charge in [0.25, 0.3) is 0 Å². The molecule has 0 radical (unpaired) electrons. The molecule has 4 nitrogen and oxygen atoms in total. The highest BCUT2D eigenvalue weighted by atomic mass is 35.5. The molecule has 0 saturated heterocycles. The van der Waals surface area contributed by atoms with Crippen molar-refractivity contribution in [1.29, 1.82) is 0 Å². The summed E-state index contributed by atoms with van der Waals surface area (Å²) in [6.07, 6.45) is 3.49. The Hall–Kier alpha value is -1.52. The molecule has 0 spiro atoms. The Morgan fingerprint density at radius 1 is 1.20 bits per heavy atom. The van der Waals surface area contributed by atoms with Crippen molar-refractivity contribution in [3.8, 4) is 5.69 Å². The minimum atomic E-state index is -0.155. The first-order chi connectivity index (χ1) is 11.7. The van der Waals surface area contributed by atoms with Gasteiger partial charge in [0.1, 0.15) is 5.82 Å². The molecule has 2 rings (SSSR count). The first-order valence-electron chi connectivity index (χ1n) is 8.58. The fourth-order valence-electron chi connectivity index (χ4n) is 2.41. The van der Waals surface area contributed by atoms with Crippen molar-refractivity contribution in [2.24, 2.45) is 0 Å². The molecule has 0 saturated carbocycles. The Labute approximate surface area is 159 Å². The Kier molecular flexibility index (Phi) is 6.53. The van der Waals surface area contributed by atoms with Crippen molar-refractivity contribution < 1.29 is 4.79 Å². The van der Waals surface area contributed by atoms with Gasteiger partial charge in [-0.1, -0.05) is 63.7 Å². The monoisotopic (exact) mass is 381 g/mol. The van der Waals surface area contributed by atoms with E-state index in [1.807, 2.05) is 6.07 Å². The number of halogens is 2. The van der Waals surface area contributed by atoms with Crippen LogP contribution in [0.15, 0.2) is 24.3 Å². The van der Waals surface area contributed by atoms with E-state index in [-0.39, 0.29) is 11.3 Å². The van der Waals surface area contributed by atoms with Crippen molar-refractivity contribution in [2.75, 3.05) is 5.32 Å². The van der Waals surface area contributed by atoms with Gasteiger partial charge in [0, 0.05) is 22.9 Å². The maximum atomic E-state index is 12.3. The Morgan fingerprint density at radius 3 is 2.56 bits per heavy atom. The molecule has 0 aliphatic rings.